The number of halogens is 1. The van der Waals surface area contributed by atoms with Gasteiger partial charge in [-0.2, -0.15) is 10.4 Å². The van der Waals surface area contributed by atoms with Crippen molar-refractivity contribution in [3.8, 4) is 6.07 Å². The first-order valence-corrected chi connectivity index (χ1v) is 9.78. The van der Waals surface area contributed by atoms with Gasteiger partial charge in [-0.05, 0) is 20.3 Å². The van der Waals surface area contributed by atoms with E-state index in [-0.39, 0.29) is 29.2 Å². The Balaban J connectivity index is 2.75. The van der Waals surface area contributed by atoms with Crippen LogP contribution in [0.3, 0.4) is 0 Å². The molecule has 0 N–H and O–H groups in total. The molecule has 1 atom stereocenters. The van der Waals surface area contributed by atoms with Gasteiger partial charge in [-0.25, -0.2) is 21.5 Å². The lowest BCUT2D eigenvalue weighted by atomic mass is 10.0. The van der Waals surface area contributed by atoms with Gasteiger partial charge in [0.2, 0.25) is 0 Å². The Morgan fingerprint density at radius 3 is 2.50 bits per heavy atom. The maximum atomic E-state index is 11.7. The monoisotopic (exact) mass is 337 g/mol. The molecule has 1 aromatic rings. The predicted octanol–water partition coefficient (Wildman–Crippen LogP) is 0.524. The summed E-state index contributed by atoms with van der Waals surface area (Å²) in [5.41, 5.74) is -0.960. The molecule has 1 aliphatic heterocycles. The van der Waals surface area contributed by atoms with Crippen LogP contribution < -0.4 is 0 Å². The van der Waals surface area contributed by atoms with Crippen LogP contribution in [-0.2, 0) is 24.4 Å². The van der Waals surface area contributed by atoms with Crippen LogP contribution in [0.15, 0.2) is 5.03 Å². The third kappa shape index (κ3) is 2.43. The van der Waals surface area contributed by atoms with Gasteiger partial charge in [0, 0.05) is 10.7 Å². The van der Waals surface area contributed by atoms with Crippen molar-refractivity contribution in [3.63, 3.8) is 0 Å². The molecule has 1 aliphatic rings. The van der Waals surface area contributed by atoms with Gasteiger partial charge in [0.05, 0.1) is 22.7 Å². The van der Waals surface area contributed by atoms with Crippen LogP contribution in [0.4, 0.5) is 0 Å². The highest BCUT2D eigenvalue weighted by Crippen LogP contribution is 2.35. The molecular weight excluding hydrogens is 326 g/mol. The van der Waals surface area contributed by atoms with Crippen LogP contribution in [0.1, 0.15) is 24.6 Å². The van der Waals surface area contributed by atoms with E-state index in [0.717, 1.165) is 4.68 Å². The number of nitriles is 1. The fraction of sp³-hybridized carbons (Fsp3) is 0.600. The van der Waals surface area contributed by atoms with Crippen molar-refractivity contribution in [2.24, 2.45) is 0 Å². The van der Waals surface area contributed by atoms with E-state index in [4.69, 9.17) is 15.9 Å². The van der Waals surface area contributed by atoms with Crippen molar-refractivity contribution in [2.45, 2.75) is 30.8 Å². The average Bonchev–Trinajstić information content (AvgIpc) is 2.76. The Kier molecular flexibility index (Phi) is 3.40. The molecule has 7 nitrogen and oxygen atoms in total. The molecule has 110 valence electrons. The van der Waals surface area contributed by atoms with E-state index < -0.39 is 29.5 Å². The van der Waals surface area contributed by atoms with Crippen molar-refractivity contribution in [3.05, 3.63) is 11.3 Å². The third-order valence-corrected chi connectivity index (χ3v) is 6.52. The maximum Gasteiger partial charge on any atom is 0.279 e. The van der Waals surface area contributed by atoms with E-state index in [9.17, 15) is 16.8 Å². The predicted molar refractivity (Wildman–Crippen MR) is 71.6 cm³/mol. The second-order valence-electron chi connectivity index (χ2n) is 5.07. The van der Waals surface area contributed by atoms with Gasteiger partial charge < -0.3 is 0 Å². The van der Waals surface area contributed by atoms with Crippen LogP contribution in [0.25, 0.3) is 0 Å². The molecule has 0 amide bonds. The van der Waals surface area contributed by atoms with Crippen molar-refractivity contribution in [2.75, 3.05) is 11.5 Å². The van der Waals surface area contributed by atoms with Gasteiger partial charge in [0.1, 0.15) is 11.6 Å². The zero-order chi connectivity index (χ0) is 15.3. The summed E-state index contributed by atoms with van der Waals surface area (Å²) in [6, 6.07) is 1.76. The highest BCUT2D eigenvalue weighted by molar-refractivity contribution is 8.13. The molecular formula is C10H12ClN3O4S2. The van der Waals surface area contributed by atoms with Crippen LogP contribution in [0, 0.1) is 18.3 Å². The molecule has 1 fully saturated rings. The number of aryl methyl sites for hydroxylation is 1. The van der Waals surface area contributed by atoms with E-state index in [1.807, 2.05) is 0 Å². The third-order valence-electron chi connectivity index (χ3n) is 3.35. The van der Waals surface area contributed by atoms with E-state index in [1.165, 1.54) is 6.92 Å². The molecule has 2 rings (SSSR count). The number of hydrogen-bond donors (Lipinski definition) is 0. The highest BCUT2D eigenvalue weighted by Gasteiger charge is 2.44. The lowest BCUT2D eigenvalue weighted by Crippen LogP contribution is -2.34. The summed E-state index contributed by atoms with van der Waals surface area (Å²) in [7, 11) is -2.09. The van der Waals surface area contributed by atoms with Gasteiger partial charge in [-0.15, -0.1) is 0 Å². The lowest BCUT2D eigenvalue weighted by molar-refractivity contribution is 0.301. The summed E-state index contributed by atoms with van der Waals surface area (Å²) >= 11 is 0. The molecule has 1 aromatic heterocycles. The molecule has 10 heteroatoms. The molecule has 0 radical (unpaired) electrons. The fourth-order valence-corrected chi connectivity index (χ4v) is 5.83. The smallest absolute Gasteiger partial charge is 0.245 e. The largest absolute Gasteiger partial charge is 0.279 e. The summed E-state index contributed by atoms with van der Waals surface area (Å²) in [5.74, 6) is -0.280. The van der Waals surface area contributed by atoms with E-state index in [0.29, 0.717) is 0 Å². The van der Waals surface area contributed by atoms with Crippen molar-refractivity contribution < 1.29 is 16.8 Å². The SMILES string of the molecule is Cc1nn(C2(C)CCS(=O)(=O)C2)c(S(=O)(=O)Cl)c1C#N. The first-order chi connectivity index (χ1) is 9.00. The minimum Gasteiger partial charge on any atom is -0.245 e. The molecule has 0 aliphatic carbocycles. The maximum absolute atomic E-state index is 11.7. The van der Waals surface area contributed by atoms with Gasteiger partial charge in [0.15, 0.2) is 14.9 Å². The zero-order valence-corrected chi connectivity index (χ0v) is 13.2. The Morgan fingerprint density at radius 2 is 2.10 bits per heavy atom. The van der Waals surface area contributed by atoms with Gasteiger partial charge in [0.25, 0.3) is 9.05 Å². The minimum atomic E-state index is -4.21. The molecule has 0 spiro atoms. The molecule has 1 saturated heterocycles. The second-order valence-corrected chi connectivity index (χ2v) is 9.73. The molecule has 1 unspecified atom stereocenters. The molecule has 20 heavy (non-hydrogen) atoms. The molecule has 0 aromatic carbocycles. The number of aromatic nitrogens is 2. The summed E-state index contributed by atoms with van der Waals surface area (Å²) in [6.45, 7) is 3.07. The van der Waals surface area contributed by atoms with Crippen LogP contribution >= 0.6 is 10.7 Å². The molecule has 0 bridgehead atoms. The topological polar surface area (TPSA) is 110 Å². The summed E-state index contributed by atoms with van der Waals surface area (Å²) in [4.78, 5) is 0. The van der Waals surface area contributed by atoms with Crippen molar-refractivity contribution >= 4 is 29.6 Å². The number of hydrogen-bond acceptors (Lipinski definition) is 6. The normalized spacial score (nSPS) is 25.5. The van der Waals surface area contributed by atoms with Crippen LogP contribution in [-0.4, -0.2) is 38.1 Å². The lowest BCUT2D eigenvalue weighted by Gasteiger charge is -2.24. The number of sulfone groups is 1. The quantitative estimate of drug-likeness (QED) is 0.728. The van der Waals surface area contributed by atoms with Gasteiger partial charge >= 0.3 is 0 Å². The number of nitrogens with zero attached hydrogens (tertiary/aromatic N) is 3. The Hall–Kier alpha value is -1.11. The zero-order valence-electron chi connectivity index (χ0n) is 10.8. The van der Waals surface area contributed by atoms with E-state index >= 15 is 0 Å². The van der Waals surface area contributed by atoms with Crippen molar-refractivity contribution in [1.29, 1.82) is 5.26 Å². The van der Waals surface area contributed by atoms with Crippen LogP contribution in [0.2, 0.25) is 0 Å². The van der Waals surface area contributed by atoms with Crippen molar-refractivity contribution in [1.82, 2.24) is 9.78 Å². The first-order valence-electron chi connectivity index (χ1n) is 5.65. The summed E-state index contributed by atoms with van der Waals surface area (Å²) in [6.07, 6.45) is 0.223. The van der Waals surface area contributed by atoms with Gasteiger partial charge in [-0.3, -0.25) is 0 Å². The Bertz CT molecular complexity index is 819. The standard InChI is InChI=1S/C10H12ClN3O4S2/c1-7-8(5-12)9(20(11,17)18)14(13-7)10(2)3-4-19(15,16)6-10/h3-4,6H2,1-2H3. The van der Waals surface area contributed by atoms with E-state index in [1.54, 1.807) is 13.0 Å². The Morgan fingerprint density at radius 1 is 1.50 bits per heavy atom. The average molecular weight is 338 g/mol. The highest BCUT2D eigenvalue weighted by atomic mass is 35.7. The second kappa shape index (κ2) is 4.44. The molecule has 2 heterocycles. The minimum absolute atomic E-state index is 0.0495. The van der Waals surface area contributed by atoms with Crippen LogP contribution in [0.5, 0.6) is 0 Å². The first kappa shape index (κ1) is 15.3. The van der Waals surface area contributed by atoms with Gasteiger partial charge in [-0.1, -0.05) is 0 Å². The fourth-order valence-electron chi connectivity index (χ4n) is 2.39. The molecule has 0 saturated carbocycles. The summed E-state index contributed by atoms with van der Waals surface area (Å²) in [5, 5.41) is 12.7. The summed E-state index contributed by atoms with van der Waals surface area (Å²) < 4.78 is 47.8. The van der Waals surface area contributed by atoms with E-state index in [2.05, 4.69) is 5.10 Å². The number of rotatable bonds is 2. The Labute approximate surface area is 121 Å².